The Balaban J connectivity index is 1.36. The van der Waals surface area contributed by atoms with Crippen molar-refractivity contribution in [2.75, 3.05) is 0 Å². The lowest BCUT2D eigenvalue weighted by molar-refractivity contribution is 0.669. The number of hydrogen-bond donors (Lipinski definition) is 0. The molecule has 9 rings (SSSR count). The molecule has 8 aromatic carbocycles. The SMILES string of the molecule is [2H]c1c([2H])c(-c2ccc3oc4ccccc4c3c2)c([2H])c(-c2c3ccccc3c(-c3c([2H])c([2H])c(-c4ccccc4)c([2H])c3[2H])c3ccccc23)c1[2H]. The first-order valence-corrected chi connectivity index (χ1v) is 14.8. The Kier molecular flexibility index (Phi) is 4.30. The summed E-state index contributed by atoms with van der Waals surface area (Å²) >= 11 is 0. The van der Waals surface area contributed by atoms with Gasteiger partial charge in [-0.2, -0.15) is 0 Å². The molecule has 0 spiro atoms. The lowest BCUT2D eigenvalue weighted by Gasteiger charge is -2.18. The predicted molar refractivity (Wildman–Crippen MR) is 190 cm³/mol. The summed E-state index contributed by atoms with van der Waals surface area (Å²) in [5.74, 6) is 0. The zero-order valence-corrected chi connectivity index (χ0v) is 24.0. The van der Waals surface area contributed by atoms with E-state index in [1.165, 1.54) is 0 Å². The summed E-state index contributed by atoms with van der Waals surface area (Å²) in [6.07, 6.45) is 0. The molecule has 9 aromatic rings. The molecule has 0 aliphatic rings. The normalized spacial score (nSPS) is 14.0. The number of hydrogen-bond acceptors (Lipinski definition) is 1. The summed E-state index contributed by atoms with van der Waals surface area (Å²) in [6.45, 7) is 0. The molecule has 0 fully saturated rings. The van der Waals surface area contributed by atoms with Crippen LogP contribution in [0.1, 0.15) is 11.0 Å². The van der Waals surface area contributed by atoms with Gasteiger partial charge in [-0.05, 0) is 90.3 Å². The van der Waals surface area contributed by atoms with Crippen LogP contribution in [0.4, 0.5) is 0 Å². The van der Waals surface area contributed by atoms with Crippen LogP contribution in [0.25, 0.3) is 88.0 Å². The minimum absolute atomic E-state index is 0.0670. The Morgan fingerprint density at radius 1 is 0.356 bits per heavy atom. The minimum Gasteiger partial charge on any atom is -0.456 e. The molecule has 0 atom stereocenters. The monoisotopic (exact) mass is 580 g/mol. The van der Waals surface area contributed by atoms with E-state index in [-0.39, 0.29) is 70.6 Å². The Hall–Kier alpha value is -5.92. The molecule has 0 saturated carbocycles. The molecule has 0 bridgehead atoms. The van der Waals surface area contributed by atoms with E-state index in [9.17, 15) is 5.48 Å². The smallest absolute Gasteiger partial charge is 0.135 e. The van der Waals surface area contributed by atoms with Gasteiger partial charge in [0.25, 0.3) is 0 Å². The molecule has 1 heteroatoms. The largest absolute Gasteiger partial charge is 0.456 e. The van der Waals surface area contributed by atoms with E-state index < -0.39 is 0 Å². The standard InChI is InChI=1S/C44H28O/c1-2-11-29(12-3-1)30-21-23-31(24-22-30)43-36-16-4-6-18-38(36)44(39-19-7-5-17-37(39)43)34-14-10-13-32(27-34)33-25-26-42-40(28-33)35-15-8-9-20-41(35)45-42/h1-28H/i10D,13D,14D,21D,22D,23D,24D,27D. The first-order valence-electron chi connectivity index (χ1n) is 18.8. The average molecular weight is 581 g/mol. The van der Waals surface area contributed by atoms with Crippen LogP contribution in [0.3, 0.4) is 0 Å². The summed E-state index contributed by atoms with van der Waals surface area (Å²) in [6, 6.07) is 35.4. The maximum atomic E-state index is 9.68. The molecule has 45 heavy (non-hydrogen) atoms. The summed E-state index contributed by atoms with van der Waals surface area (Å²) in [5.41, 5.74) is 4.35. The summed E-state index contributed by atoms with van der Waals surface area (Å²) in [5, 5.41) is 4.17. The van der Waals surface area contributed by atoms with E-state index >= 15 is 0 Å². The highest BCUT2D eigenvalue weighted by atomic mass is 16.3. The molecule has 0 saturated heterocycles. The fourth-order valence-corrected chi connectivity index (χ4v) is 6.35. The van der Waals surface area contributed by atoms with Gasteiger partial charge in [-0.3, -0.25) is 0 Å². The second-order valence-electron chi connectivity index (χ2n) is 11.0. The van der Waals surface area contributed by atoms with Crippen LogP contribution in [0.15, 0.2) is 174 Å². The van der Waals surface area contributed by atoms with Crippen LogP contribution < -0.4 is 0 Å². The van der Waals surface area contributed by atoms with Crippen LogP contribution in [0, 0.1) is 0 Å². The molecule has 0 unspecified atom stereocenters. The molecule has 210 valence electrons. The molecule has 0 aliphatic heterocycles. The molecular weight excluding hydrogens is 544 g/mol. The molecule has 0 N–H and O–H groups in total. The van der Waals surface area contributed by atoms with Gasteiger partial charge in [-0.25, -0.2) is 0 Å². The van der Waals surface area contributed by atoms with Crippen molar-refractivity contribution in [3.05, 3.63) is 170 Å². The van der Waals surface area contributed by atoms with E-state index in [0.29, 0.717) is 49.4 Å². The molecule has 0 amide bonds. The lowest BCUT2D eigenvalue weighted by atomic mass is 9.85. The van der Waals surface area contributed by atoms with E-state index in [1.54, 1.807) is 30.3 Å². The number of para-hydroxylation sites is 1. The van der Waals surface area contributed by atoms with Crippen molar-refractivity contribution in [2.45, 2.75) is 0 Å². The summed E-state index contributed by atoms with van der Waals surface area (Å²) < 4.78 is 79.6. The zero-order valence-electron chi connectivity index (χ0n) is 32.0. The lowest BCUT2D eigenvalue weighted by Crippen LogP contribution is -1.91. The van der Waals surface area contributed by atoms with Gasteiger partial charge >= 0.3 is 0 Å². The van der Waals surface area contributed by atoms with Gasteiger partial charge in [0, 0.05) is 10.8 Å². The third-order valence-electron chi connectivity index (χ3n) is 8.41. The predicted octanol–water partition coefficient (Wildman–Crippen LogP) is 12.6. The van der Waals surface area contributed by atoms with Gasteiger partial charge < -0.3 is 4.42 Å². The third-order valence-corrected chi connectivity index (χ3v) is 8.41. The maximum absolute atomic E-state index is 9.68. The minimum atomic E-state index is -0.309. The first-order chi connectivity index (χ1) is 25.7. The zero-order chi connectivity index (χ0) is 36.7. The van der Waals surface area contributed by atoms with Crippen molar-refractivity contribution in [2.24, 2.45) is 0 Å². The van der Waals surface area contributed by atoms with E-state index in [4.69, 9.17) is 9.90 Å². The van der Waals surface area contributed by atoms with Crippen molar-refractivity contribution in [3.63, 3.8) is 0 Å². The number of furan rings is 1. The van der Waals surface area contributed by atoms with Crippen LogP contribution >= 0.6 is 0 Å². The Labute approximate surface area is 272 Å². The highest BCUT2D eigenvalue weighted by Crippen LogP contribution is 2.44. The van der Waals surface area contributed by atoms with Gasteiger partial charge in [0.15, 0.2) is 0 Å². The fraction of sp³-hybridized carbons (Fsp3) is 0. The topological polar surface area (TPSA) is 13.1 Å². The molecule has 0 aliphatic carbocycles. The Bertz CT molecular complexity index is 2900. The molecule has 0 radical (unpaired) electrons. The number of fused-ring (bicyclic) bond motifs is 5. The Morgan fingerprint density at radius 2 is 0.889 bits per heavy atom. The second-order valence-corrected chi connectivity index (χ2v) is 11.0. The van der Waals surface area contributed by atoms with E-state index in [2.05, 4.69) is 0 Å². The van der Waals surface area contributed by atoms with Crippen molar-refractivity contribution >= 4 is 43.5 Å². The van der Waals surface area contributed by atoms with Gasteiger partial charge in [-0.1, -0.05) is 145 Å². The van der Waals surface area contributed by atoms with Crippen molar-refractivity contribution in [1.29, 1.82) is 0 Å². The van der Waals surface area contributed by atoms with Crippen LogP contribution in [-0.4, -0.2) is 0 Å². The molecule has 1 aromatic heterocycles. The van der Waals surface area contributed by atoms with Gasteiger partial charge in [0.1, 0.15) is 11.2 Å². The quantitative estimate of drug-likeness (QED) is 0.189. The van der Waals surface area contributed by atoms with Crippen LogP contribution in [-0.2, 0) is 0 Å². The van der Waals surface area contributed by atoms with Gasteiger partial charge in [0.05, 0.1) is 11.0 Å². The number of rotatable bonds is 4. The van der Waals surface area contributed by atoms with Gasteiger partial charge in [0.2, 0.25) is 0 Å². The highest BCUT2D eigenvalue weighted by Gasteiger charge is 2.17. The summed E-state index contributed by atoms with van der Waals surface area (Å²) in [7, 11) is 0. The average Bonchev–Trinajstić information content (AvgIpc) is 3.55. The van der Waals surface area contributed by atoms with Crippen molar-refractivity contribution in [1.82, 2.24) is 0 Å². The third kappa shape index (κ3) is 4.24. The molecule has 1 nitrogen and oxygen atoms in total. The molecule has 1 heterocycles. The van der Waals surface area contributed by atoms with Crippen molar-refractivity contribution < 1.29 is 15.4 Å². The van der Waals surface area contributed by atoms with Gasteiger partial charge in [-0.15, -0.1) is 0 Å². The maximum Gasteiger partial charge on any atom is 0.135 e. The van der Waals surface area contributed by atoms with E-state index in [1.807, 2.05) is 91.0 Å². The summed E-state index contributed by atoms with van der Waals surface area (Å²) in [4.78, 5) is 0. The fourth-order valence-electron chi connectivity index (χ4n) is 6.35. The van der Waals surface area contributed by atoms with Crippen LogP contribution in [0.2, 0.25) is 0 Å². The number of benzene rings is 8. The highest BCUT2D eigenvalue weighted by molar-refractivity contribution is 6.21. The molecular formula is C44H28O. The first kappa shape index (κ1) is 18.7. The second kappa shape index (κ2) is 10.4. The van der Waals surface area contributed by atoms with Crippen LogP contribution in [0.5, 0.6) is 0 Å². The van der Waals surface area contributed by atoms with E-state index in [0.717, 1.165) is 16.4 Å². The van der Waals surface area contributed by atoms with Crippen molar-refractivity contribution in [3.8, 4) is 44.5 Å². The Morgan fingerprint density at radius 3 is 1.58 bits per heavy atom.